The summed E-state index contributed by atoms with van der Waals surface area (Å²) in [6.45, 7) is 5.16. The lowest BCUT2D eigenvalue weighted by Crippen LogP contribution is -2.22. The van der Waals surface area contributed by atoms with Crippen molar-refractivity contribution in [2.24, 2.45) is 0 Å². The summed E-state index contributed by atoms with van der Waals surface area (Å²) in [6, 6.07) is 9.62. The number of hydrogen-bond acceptors (Lipinski definition) is 3. The predicted molar refractivity (Wildman–Crippen MR) is 90.1 cm³/mol. The number of halogens is 1. The van der Waals surface area contributed by atoms with Gasteiger partial charge in [-0.15, -0.1) is 0 Å². The fourth-order valence-corrected chi connectivity index (χ4v) is 2.57. The van der Waals surface area contributed by atoms with Crippen LogP contribution in [0.2, 0.25) is 5.02 Å². The molecule has 0 fully saturated rings. The van der Waals surface area contributed by atoms with Crippen LogP contribution in [0.5, 0.6) is 0 Å². The second kappa shape index (κ2) is 7.92. The summed E-state index contributed by atoms with van der Waals surface area (Å²) >= 11 is 6.18. The van der Waals surface area contributed by atoms with Crippen LogP contribution >= 0.6 is 11.6 Å². The Labute approximate surface area is 135 Å². The molecule has 1 aromatic heterocycles. The lowest BCUT2D eigenvalue weighted by atomic mass is 10.1. The molecule has 0 radical (unpaired) electrons. The fourth-order valence-electron chi connectivity index (χ4n) is 2.20. The Bertz CT molecular complexity index is 621. The third-order valence-corrected chi connectivity index (χ3v) is 3.56. The highest BCUT2D eigenvalue weighted by atomic mass is 35.5. The molecule has 1 heterocycles. The summed E-state index contributed by atoms with van der Waals surface area (Å²) in [4.78, 5) is 16.2. The molecule has 22 heavy (non-hydrogen) atoms. The molecule has 0 spiro atoms. The maximum absolute atomic E-state index is 12.0. The van der Waals surface area contributed by atoms with Gasteiger partial charge in [-0.1, -0.05) is 23.7 Å². The maximum Gasteiger partial charge on any atom is 0.225 e. The molecular formula is C17H20ClN3O. The number of aryl methyl sites for hydroxylation is 2. The normalized spacial score (nSPS) is 10.5. The van der Waals surface area contributed by atoms with Crippen LogP contribution in [0.4, 0.5) is 5.69 Å². The summed E-state index contributed by atoms with van der Waals surface area (Å²) in [5.41, 5.74) is 3.71. The Hall–Kier alpha value is -1.91. The molecule has 0 saturated heterocycles. The van der Waals surface area contributed by atoms with Gasteiger partial charge in [-0.25, -0.2) is 0 Å². The van der Waals surface area contributed by atoms with E-state index in [4.69, 9.17) is 11.6 Å². The number of benzene rings is 1. The number of carbonyl (C=O) groups excluding carboxylic acids is 1. The second-order valence-corrected chi connectivity index (χ2v) is 5.64. The molecule has 2 N–H and O–H groups in total. The first-order valence-electron chi connectivity index (χ1n) is 7.23. The van der Waals surface area contributed by atoms with E-state index >= 15 is 0 Å². The molecule has 116 valence electrons. The number of nitrogens with one attached hydrogen (secondary N) is 2. The van der Waals surface area contributed by atoms with Crippen molar-refractivity contribution in [2.45, 2.75) is 26.8 Å². The summed E-state index contributed by atoms with van der Waals surface area (Å²) in [5.74, 6) is -0.0534. The van der Waals surface area contributed by atoms with Crippen LogP contribution in [0.1, 0.15) is 23.2 Å². The third-order valence-electron chi connectivity index (χ3n) is 3.26. The van der Waals surface area contributed by atoms with Gasteiger partial charge in [-0.05, 0) is 43.2 Å². The van der Waals surface area contributed by atoms with E-state index in [-0.39, 0.29) is 5.91 Å². The van der Waals surface area contributed by atoms with Crippen molar-refractivity contribution in [1.29, 1.82) is 0 Å². The van der Waals surface area contributed by atoms with E-state index < -0.39 is 0 Å². The van der Waals surface area contributed by atoms with Crippen LogP contribution in [0.3, 0.4) is 0 Å². The van der Waals surface area contributed by atoms with Gasteiger partial charge in [-0.3, -0.25) is 9.78 Å². The minimum atomic E-state index is -0.0534. The summed E-state index contributed by atoms with van der Waals surface area (Å²) in [7, 11) is 0. The number of carbonyl (C=O) groups is 1. The predicted octanol–water partition coefficient (Wildman–Crippen LogP) is 3.47. The lowest BCUT2D eigenvalue weighted by molar-refractivity contribution is -0.116. The van der Waals surface area contributed by atoms with E-state index in [0.717, 1.165) is 16.8 Å². The molecule has 2 rings (SSSR count). The van der Waals surface area contributed by atoms with Crippen LogP contribution in [-0.2, 0) is 11.3 Å². The van der Waals surface area contributed by atoms with Gasteiger partial charge in [0.05, 0.1) is 16.4 Å². The van der Waals surface area contributed by atoms with E-state index in [1.807, 2.05) is 44.2 Å². The highest BCUT2D eigenvalue weighted by Gasteiger charge is 2.09. The minimum absolute atomic E-state index is 0.0534. The van der Waals surface area contributed by atoms with Crippen LogP contribution in [-0.4, -0.2) is 17.4 Å². The monoisotopic (exact) mass is 317 g/mol. The molecule has 1 aromatic carbocycles. The quantitative estimate of drug-likeness (QED) is 0.802. The molecule has 1 amide bonds. The molecule has 0 unspecified atom stereocenters. The number of aromatic nitrogens is 1. The van der Waals surface area contributed by atoms with Crippen molar-refractivity contribution >= 4 is 23.2 Å². The number of hydrogen-bond donors (Lipinski definition) is 2. The average molecular weight is 318 g/mol. The number of nitrogens with zero attached hydrogens (tertiary/aromatic N) is 1. The number of anilines is 1. The van der Waals surface area contributed by atoms with Gasteiger partial charge >= 0.3 is 0 Å². The standard InChI is InChI=1S/C17H20ClN3O/c1-12-9-13(2)17(15(18)10-12)21-16(22)6-8-19-11-14-5-3-4-7-20-14/h3-5,7,9-10,19H,6,8,11H2,1-2H3,(H,21,22). The molecule has 0 aliphatic heterocycles. The first kappa shape index (κ1) is 16.5. The van der Waals surface area contributed by atoms with Gasteiger partial charge in [0.2, 0.25) is 5.91 Å². The Morgan fingerprint density at radius 3 is 2.77 bits per heavy atom. The third kappa shape index (κ3) is 4.83. The zero-order valence-electron chi connectivity index (χ0n) is 12.8. The zero-order chi connectivity index (χ0) is 15.9. The smallest absolute Gasteiger partial charge is 0.225 e. The molecule has 0 aliphatic carbocycles. The molecule has 0 bridgehead atoms. The van der Waals surface area contributed by atoms with Crippen molar-refractivity contribution in [3.05, 3.63) is 58.4 Å². The molecule has 0 atom stereocenters. The minimum Gasteiger partial charge on any atom is -0.325 e. The van der Waals surface area contributed by atoms with Gasteiger partial charge in [-0.2, -0.15) is 0 Å². The Kier molecular flexibility index (Phi) is 5.92. The maximum atomic E-state index is 12.0. The van der Waals surface area contributed by atoms with E-state index in [1.165, 1.54) is 0 Å². The Balaban J connectivity index is 1.79. The average Bonchev–Trinajstić information content (AvgIpc) is 2.48. The van der Waals surface area contributed by atoms with Crippen LogP contribution in [0.25, 0.3) is 0 Å². The molecule has 0 aliphatic rings. The molecule has 0 saturated carbocycles. The molecular weight excluding hydrogens is 298 g/mol. The largest absolute Gasteiger partial charge is 0.325 e. The van der Waals surface area contributed by atoms with Crippen molar-refractivity contribution in [1.82, 2.24) is 10.3 Å². The second-order valence-electron chi connectivity index (χ2n) is 5.23. The lowest BCUT2D eigenvalue weighted by Gasteiger charge is -2.11. The first-order chi connectivity index (χ1) is 10.6. The molecule has 4 nitrogen and oxygen atoms in total. The number of rotatable bonds is 6. The van der Waals surface area contributed by atoms with Gasteiger partial charge in [0.1, 0.15) is 0 Å². The van der Waals surface area contributed by atoms with Gasteiger partial charge in [0.15, 0.2) is 0 Å². The summed E-state index contributed by atoms with van der Waals surface area (Å²) in [5, 5.41) is 6.65. The van der Waals surface area contributed by atoms with Gasteiger partial charge in [0, 0.05) is 25.7 Å². The highest BCUT2D eigenvalue weighted by molar-refractivity contribution is 6.34. The summed E-state index contributed by atoms with van der Waals surface area (Å²) in [6.07, 6.45) is 2.14. The zero-order valence-corrected chi connectivity index (χ0v) is 13.6. The van der Waals surface area contributed by atoms with Gasteiger partial charge < -0.3 is 10.6 Å². The van der Waals surface area contributed by atoms with E-state index in [2.05, 4.69) is 15.6 Å². The van der Waals surface area contributed by atoms with Crippen LogP contribution in [0.15, 0.2) is 36.5 Å². The SMILES string of the molecule is Cc1cc(C)c(NC(=O)CCNCc2ccccn2)c(Cl)c1. The first-order valence-corrected chi connectivity index (χ1v) is 7.61. The Morgan fingerprint density at radius 2 is 2.09 bits per heavy atom. The van der Waals surface area contributed by atoms with Crippen molar-refractivity contribution in [3.63, 3.8) is 0 Å². The van der Waals surface area contributed by atoms with E-state index in [9.17, 15) is 4.79 Å². The number of pyridine rings is 1. The van der Waals surface area contributed by atoms with Crippen molar-refractivity contribution in [2.75, 3.05) is 11.9 Å². The number of amides is 1. The molecule has 2 aromatic rings. The molecule has 5 heteroatoms. The van der Waals surface area contributed by atoms with Crippen molar-refractivity contribution < 1.29 is 4.79 Å². The Morgan fingerprint density at radius 1 is 1.27 bits per heavy atom. The van der Waals surface area contributed by atoms with Crippen LogP contribution < -0.4 is 10.6 Å². The fraction of sp³-hybridized carbons (Fsp3) is 0.294. The van der Waals surface area contributed by atoms with Crippen LogP contribution in [0, 0.1) is 13.8 Å². The van der Waals surface area contributed by atoms with E-state index in [1.54, 1.807) is 6.20 Å². The summed E-state index contributed by atoms with van der Waals surface area (Å²) < 4.78 is 0. The van der Waals surface area contributed by atoms with E-state index in [0.29, 0.717) is 30.2 Å². The highest BCUT2D eigenvalue weighted by Crippen LogP contribution is 2.27. The van der Waals surface area contributed by atoms with Crippen molar-refractivity contribution in [3.8, 4) is 0 Å². The van der Waals surface area contributed by atoms with Gasteiger partial charge in [0.25, 0.3) is 0 Å². The topological polar surface area (TPSA) is 54.0 Å².